The molecule has 17 heavy (non-hydrogen) atoms. The minimum atomic E-state index is -2.57. The first-order chi connectivity index (χ1) is 8.04. The van der Waals surface area contributed by atoms with E-state index in [-0.39, 0.29) is 18.7 Å². The Balaban J connectivity index is 2.69. The molecule has 0 fully saturated rings. The van der Waals surface area contributed by atoms with Crippen molar-refractivity contribution in [2.24, 2.45) is 0 Å². The summed E-state index contributed by atoms with van der Waals surface area (Å²) < 4.78 is 29.0. The van der Waals surface area contributed by atoms with Gasteiger partial charge in [0, 0.05) is 6.20 Å². The SMILES string of the molecule is N#Cc1cn(CCOCC(F)F)c(=O)[nH]c1=O. The normalized spacial score (nSPS) is 10.5. The smallest absolute Gasteiger partial charge is 0.328 e. The number of rotatable bonds is 5. The van der Waals surface area contributed by atoms with Crippen LogP contribution in [0.2, 0.25) is 0 Å². The molecule has 6 nitrogen and oxygen atoms in total. The molecule has 0 aliphatic carbocycles. The molecule has 92 valence electrons. The lowest BCUT2D eigenvalue weighted by Gasteiger charge is -2.05. The number of halogens is 2. The van der Waals surface area contributed by atoms with Crippen LogP contribution in [0.4, 0.5) is 8.78 Å². The number of nitrogens with one attached hydrogen (secondary N) is 1. The van der Waals surface area contributed by atoms with E-state index in [1.165, 1.54) is 0 Å². The maximum Gasteiger partial charge on any atom is 0.328 e. The van der Waals surface area contributed by atoms with Crippen molar-refractivity contribution in [1.29, 1.82) is 5.26 Å². The lowest BCUT2D eigenvalue weighted by atomic mass is 10.4. The molecule has 0 aromatic carbocycles. The van der Waals surface area contributed by atoms with Gasteiger partial charge in [-0.1, -0.05) is 0 Å². The zero-order chi connectivity index (χ0) is 12.8. The number of aromatic nitrogens is 2. The molecule has 0 aliphatic heterocycles. The topological polar surface area (TPSA) is 87.9 Å². The van der Waals surface area contributed by atoms with Crippen molar-refractivity contribution in [1.82, 2.24) is 9.55 Å². The molecule has 1 rings (SSSR count). The third-order valence-corrected chi connectivity index (χ3v) is 1.85. The Morgan fingerprint density at radius 2 is 2.24 bits per heavy atom. The van der Waals surface area contributed by atoms with Crippen molar-refractivity contribution in [2.45, 2.75) is 13.0 Å². The van der Waals surface area contributed by atoms with Gasteiger partial charge in [0.1, 0.15) is 18.2 Å². The van der Waals surface area contributed by atoms with E-state index in [9.17, 15) is 18.4 Å². The van der Waals surface area contributed by atoms with Crippen molar-refractivity contribution in [3.8, 4) is 6.07 Å². The van der Waals surface area contributed by atoms with Gasteiger partial charge in [-0.3, -0.25) is 14.3 Å². The second-order valence-electron chi connectivity index (χ2n) is 3.07. The molecule has 1 aromatic rings. The van der Waals surface area contributed by atoms with E-state index in [4.69, 9.17) is 5.26 Å². The second-order valence-corrected chi connectivity index (χ2v) is 3.07. The number of alkyl halides is 2. The highest BCUT2D eigenvalue weighted by Gasteiger charge is 2.05. The molecule has 1 aromatic heterocycles. The number of H-pyrrole nitrogens is 1. The molecule has 0 radical (unpaired) electrons. The van der Waals surface area contributed by atoms with Crippen LogP contribution in [-0.2, 0) is 11.3 Å². The van der Waals surface area contributed by atoms with Crippen LogP contribution in [0.15, 0.2) is 15.8 Å². The third-order valence-electron chi connectivity index (χ3n) is 1.85. The average Bonchev–Trinajstić information content (AvgIpc) is 2.26. The molecule has 1 heterocycles. The van der Waals surface area contributed by atoms with Crippen LogP contribution in [0.5, 0.6) is 0 Å². The van der Waals surface area contributed by atoms with Crippen LogP contribution in [0.1, 0.15) is 5.56 Å². The van der Waals surface area contributed by atoms with Crippen LogP contribution in [-0.4, -0.2) is 29.2 Å². The summed E-state index contributed by atoms with van der Waals surface area (Å²) in [6.07, 6.45) is -1.51. The first-order valence-electron chi connectivity index (χ1n) is 4.64. The van der Waals surface area contributed by atoms with Crippen molar-refractivity contribution in [3.63, 3.8) is 0 Å². The Kier molecular flexibility index (Phi) is 4.54. The first-order valence-corrected chi connectivity index (χ1v) is 4.64. The standard InChI is InChI=1S/C9H9F2N3O3/c10-7(11)5-17-2-1-14-4-6(3-12)8(15)13-9(14)16/h4,7H,1-2,5H2,(H,13,15,16). The molecule has 0 bridgehead atoms. The molecule has 0 spiro atoms. The predicted octanol–water partition coefficient (Wildman–Crippen LogP) is -0.310. The van der Waals surface area contributed by atoms with Crippen molar-refractivity contribution in [2.75, 3.05) is 13.2 Å². The van der Waals surface area contributed by atoms with Crippen molar-refractivity contribution < 1.29 is 13.5 Å². The van der Waals surface area contributed by atoms with Gasteiger partial charge < -0.3 is 4.74 Å². The zero-order valence-electron chi connectivity index (χ0n) is 8.65. The molecule has 0 saturated carbocycles. The highest BCUT2D eigenvalue weighted by Crippen LogP contribution is 1.93. The van der Waals surface area contributed by atoms with Gasteiger partial charge in [-0.2, -0.15) is 5.26 Å². The number of nitriles is 1. The maximum absolute atomic E-state index is 11.7. The number of hydrogen-bond acceptors (Lipinski definition) is 4. The fraction of sp³-hybridized carbons (Fsp3) is 0.444. The van der Waals surface area contributed by atoms with Gasteiger partial charge in [0.15, 0.2) is 0 Å². The van der Waals surface area contributed by atoms with Crippen molar-refractivity contribution in [3.05, 3.63) is 32.6 Å². The highest BCUT2D eigenvalue weighted by molar-refractivity contribution is 5.21. The van der Waals surface area contributed by atoms with Gasteiger partial charge in [-0.05, 0) is 0 Å². The average molecular weight is 245 g/mol. The Labute approximate surface area is 94.1 Å². The Morgan fingerprint density at radius 3 is 2.82 bits per heavy atom. The third kappa shape index (κ3) is 3.81. The van der Waals surface area contributed by atoms with Gasteiger partial charge >= 0.3 is 5.69 Å². The fourth-order valence-corrected chi connectivity index (χ4v) is 1.09. The second kappa shape index (κ2) is 5.91. The van der Waals surface area contributed by atoms with E-state index in [2.05, 4.69) is 4.74 Å². The van der Waals surface area contributed by atoms with Gasteiger partial charge in [0.05, 0.1) is 13.2 Å². The van der Waals surface area contributed by atoms with Gasteiger partial charge in [0.25, 0.3) is 12.0 Å². The van der Waals surface area contributed by atoms with Crippen molar-refractivity contribution >= 4 is 0 Å². The number of nitrogens with zero attached hydrogens (tertiary/aromatic N) is 2. The first kappa shape index (κ1) is 13.1. The Hall–Kier alpha value is -2.01. The summed E-state index contributed by atoms with van der Waals surface area (Å²) in [5.74, 6) is 0. The molecule has 0 amide bonds. The molecule has 0 aliphatic rings. The Bertz CT molecular complexity index is 530. The summed E-state index contributed by atoms with van der Waals surface area (Å²) in [6, 6.07) is 1.61. The van der Waals surface area contributed by atoms with Crippen LogP contribution in [0.3, 0.4) is 0 Å². The molecule has 0 atom stereocenters. The quantitative estimate of drug-likeness (QED) is 0.721. The largest absolute Gasteiger partial charge is 0.374 e. The molecular weight excluding hydrogens is 236 g/mol. The summed E-state index contributed by atoms with van der Waals surface area (Å²) in [4.78, 5) is 24.2. The van der Waals surface area contributed by atoms with E-state index in [1.807, 2.05) is 4.98 Å². The van der Waals surface area contributed by atoms with E-state index in [0.29, 0.717) is 0 Å². The summed E-state index contributed by atoms with van der Waals surface area (Å²) in [5, 5.41) is 8.56. The minimum Gasteiger partial charge on any atom is -0.374 e. The predicted molar refractivity (Wildman–Crippen MR) is 52.9 cm³/mol. The Morgan fingerprint density at radius 1 is 1.53 bits per heavy atom. The van der Waals surface area contributed by atoms with E-state index >= 15 is 0 Å². The maximum atomic E-state index is 11.7. The summed E-state index contributed by atoms with van der Waals surface area (Å²) in [7, 11) is 0. The molecule has 8 heteroatoms. The lowest BCUT2D eigenvalue weighted by Crippen LogP contribution is -2.32. The molecule has 0 unspecified atom stereocenters. The van der Waals surface area contributed by atoms with E-state index in [0.717, 1.165) is 10.8 Å². The fourth-order valence-electron chi connectivity index (χ4n) is 1.09. The van der Waals surface area contributed by atoms with Crippen LogP contribution in [0.25, 0.3) is 0 Å². The highest BCUT2D eigenvalue weighted by atomic mass is 19.3. The van der Waals surface area contributed by atoms with E-state index < -0.39 is 24.3 Å². The van der Waals surface area contributed by atoms with Gasteiger partial charge in [-0.15, -0.1) is 0 Å². The van der Waals surface area contributed by atoms with Crippen LogP contribution in [0, 0.1) is 11.3 Å². The number of hydrogen-bond donors (Lipinski definition) is 1. The number of aromatic amines is 1. The van der Waals surface area contributed by atoms with Gasteiger partial charge in [-0.25, -0.2) is 13.6 Å². The lowest BCUT2D eigenvalue weighted by molar-refractivity contribution is 0.0144. The van der Waals surface area contributed by atoms with Gasteiger partial charge in [0.2, 0.25) is 0 Å². The molecule has 0 saturated heterocycles. The monoisotopic (exact) mass is 245 g/mol. The van der Waals surface area contributed by atoms with E-state index in [1.54, 1.807) is 6.07 Å². The van der Waals surface area contributed by atoms with Crippen LogP contribution < -0.4 is 11.2 Å². The summed E-state index contributed by atoms with van der Waals surface area (Å²) in [6.45, 7) is -0.846. The summed E-state index contributed by atoms with van der Waals surface area (Å²) >= 11 is 0. The van der Waals surface area contributed by atoms with Crippen LogP contribution >= 0.6 is 0 Å². The molecule has 1 N–H and O–H groups in total. The zero-order valence-corrected chi connectivity index (χ0v) is 8.65. The minimum absolute atomic E-state index is 0.0169. The molecular formula is C9H9F2N3O3. The summed E-state index contributed by atoms with van der Waals surface area (Å²) in [5.41, 5.74) is -1.71. The number of ether oxygens (including phenoxy) is 1.